The van der Waals surface area contributed by atoms with Crippen molar-refractivity contribution in [3.8, 4) is 0 Å². The van der Waals surface area contributed by atoms with Crippen LogP contribution in [0.1, 0.15) is 58.8 Å². The van der Waals surface area contributed by atoms with E-state index in [4.69, 9.17) is 0 Å². The van der Waals surface area contributed by atoms with Crippen LogP contribution in [0.2, 0.25) is 0 Å². The van der Waals surface area contributed by atoms with Crippen LogP contribution in [0.4, 0.5) is 0 Å². The fraction of sp³-hybridized carbons (Fsp3) is 0.938. The normalized spacial score (nSPS) is 38.3. The number of hydrogen-bond acceptors (Lipinski definition) is 1. The van der Waals surface area contributed by atoms with E-state index >= 15 is 0 Å². The highest BCUT2D eigenvalue weighted by atomic mass is 16.2. The molecule has 2 heteroatoms. The zero-order chi connectivity index (χ0) is 12.5. The molecule has 1 aliphatic heterocycles. The zero-order valence-electron chi connectivity index (χ0n) is 11.7. The summed E-state index contributed by atoms with van der Waals surface area (Å²) in [6.45, 7) is 5.70. The maximum atomic E-state index is 12.6. The van der Waals surface area contributed by atoms with Crippen molar-refractivity contribution in [2.24, 2.45) is 22.7 Å². The van der Waals surface area contributed by atoms with Crippen LogP contribution in [0.5, 0.6) is 0 Å². The van der Waals surface area contributed by atoms with E-state index in [9.17, 15) is 4.79 Å². The van der Waals surface area contributed by atoms with Gasteiger partial charge in [-0.1, -0.05) is 26.7 Å². The van der Waals surface area contributed by atoms with Crippen molar-refractivity contribution in [2.45, 2.75) is 64.8 Å². The van der Waals surface area contributed by atoms with Gasteiger partial charge in [-0.05, 0) is 43.4 Å². The van der Waals surface area contributed by atoms with Gasteiger partial charge in [0.15, 0.2) is 0 Å². The molecule has 0 radical (unpaired) electrons. The lowest BCUT2D eigenvalue weighted by atomic mass is 9.65. The van der Waals surface area contributed by atoms with Crippen molar-refractivity contribution in [1.29, 1.82) is 0 Å². The minimum Gasteiger partial charge on any atom is -0.338 e. The molecule has 0 N–H and O–H groups in total. The largest absolute Gasteiger partial charge is 0.338 e. The monoisotopic (exact) mass is 247 g/mol. The van der Waals surface area contributed by atoms with Gasteiger partial charge in [-0.3, -0.25) is 4.79 Å². The molecule has 0 aromatic rings. The van der Waals surface area contributed by atoms with Crippen LogP contribution in [-0.4, -0.2) is 23.4 Å². The van der Waals surface area contributed by atoms with E-state index < -0.39 is 0 Å². The molecule has 1 saturated heterocycles. The summed E-state index contributed by atoms with van der Waals surface area (Å²) < 4.78 is 0. The van der Waals surface area contributed by atoms with Gasteiger partial charge in [0.25, 0.3) is 0 Å². The third-order valence-corrected chi connectivity index (χ3v) is 6.34. The fourth-order valence-corrected chi connectivity index (χ4v) is 5.17. The molecule has 4 aliphatic rings. The summed E-state index contributed by atoms with van der Waals surface area (Å²) in [5.74, 6) is 1.58. The molecule has 3 saturated carbocycles. The van der Waals surface area contributed by atoms with Gasteiger partial charge in [0.2, 0.25) is 5.91 Å². The van der Waals surface area contributed by atoms with E-state index in [1.54, 1.807) is 0 Å². The molecule has 2 atom stereocenters. The van der Waals surface area contributed by atoms with Crippen LogP contribution in [0.15, 0.2) is 0 Å². The highest BCUT2D eigenvalue weighted by molar-refractivity contribution is 5.84. The molecule has 2 unspecified atom stereocenters. The predicted molar refractivity (Wildman–Crippen MR) is 71.0 cm³/mol. The quantitative estimate of drug-likeness (QED) is 0.733. The van der Waals surface area contributed by atoms with Crippen LogP contribution in [-0.2, 0) is 4.79 Å². The number of likely N-dealkylation sites (tertiary alicyclic amines) is 1. The molecule has 18 heavy (non-hydrogen) atoms. The van der Waals surface area contributed by atoms with Gasteiger partial charge in [0.05, 0.1) is 0 Å². The first-order valence-electron chi connectivity index (χ1n) is 7.89. The van der Waals surface area contributed by atoms with Crippen molar-refractivity contribution in [3.63, 3.8) is 0 Å². The Balaban J connectivity index is 1.50. The molecule has 2 nitrogen and oxygen atoms in total. The van der Waals surface area contributed by atoms with E-state index in [1.165, 1.54) is 44.9 Å². The molecule has 4 fully saturated rings. The van der Waals surface area contributed by atoms with E-state index in [2.05, 4.69) is 18.7 Å². The summed E-state index contributed by atoms with van der Waals surface area (Å²) in [7, 11) is 0. The van der Waals surface area contributed by atoms with Gasteiger partial charge in [-0.15, -0.1) is 0 Å². The Morgan fingerprint density at radius 3 is 2.28 bits per heavy atom. The minimum absolute atomic E-state index is 0.428. The van der Waals surface area contributed by atoms with Gasteiger partial charge in [0.1, 0.15) is 0 Å². The summed E-state index contributed by atoms with van der Waals surface area (Å²) in [5.41, 5.74) is 1.05. The van der Waals surface area contributed by atoms with E-state index in [1.807, 2.05) is 0 Å². The van der Waals surface area contributed by atoms with Crippen molar-refractivity contribution >= 4 is 5.91 Å². The lowest BCUT2D eigenvalue weighted by molar-refractivity contribution is -0.161. The first-order chi connectivity index (χ1) is 8.58. The second-order valence-corrected chi connectivity index (χ2v) is 7.84. The number of rotatable bonds is 2. The van der Waals surface area contributed by atoms with Gasteiger partial charge in [-0.25, -0.2) is 0 Å². The van der Waals surface area contributed by atoms with E-state index in [-0.39, 0.29) is 0 Å². The highest BCUT2D eigenvalue weighted by Gasteiger charge is 2.68. The number of carbonyl (C=O) groups is 1. The lowest BCUT2D eigenvalue weighted by Crippen LogP contribution is -2.67. The Morgan fingerprint density at radius 2 is 1.78 bits per heavy atom. The number of carbonyl (C=O) groups excluding carboxylic acids is 1. The lowest BCUT2D eigenvalue weighted by Gasteiger charge is -2.58. The van der Waals surface area contributed by atoms with Gasteiger partial charge >= 0.3 is 0 Å². The van der Waals surface area contributed by atoms with Crippen LogP contribution in [0, 0.1) is 22.7 Å². The summed E-state index contributed by atoms with van der Waals surface area (Å²) in [6, 6.07) is 0.559. The molecule has 2 spiro atoms. The Kier molecular flexibility index (Phi) is 2.08. The summed E-state index contributed by atoms with van der Waals surface area (Å²) >= 11 is 0. The number of hydrogen-bond donors (Lipinski definition) is 0. The van der Waals surface area contributed by atoms with Crippen molar-refractivity contribution in [3.05, 3.63) is 0 Å². The Bertz CT molecular complexity index is 390. The molecule has 100 valence electrons. The standard InChI is InChI=1S/C16H25NO/c1-11(2)13-16(5-3-4-6-16)10-17(13)14(18)12-9-15(12)7-8-15/h11-13H,3-10H2,1-2H3. The van der Waals surface area contributed by atoms with Gasteiger partial charge in [0, 0.05) is 23.9 Å². The SMILES string of the molecule is CC(C)C1N(C(=O)C2CC23CC3)CC12CCCC2. The number of nitrogens with zero attached hydrogens (tertiary/aromatic N) is 1. The van der Waals surface area contributed by atoms with Crippen LogP contribution >= 0.6 is 0 Å². The average Bonchev–Trinajstić information content (AvgIpc) is 3.16. The Morgan fingerprint density at radius 1 is 1.11 bits per heavy atom. The highest BCUT2D eigenvalue weighted by Crippen LogP contribution is 2.71. The van der Waals surface area contributed by atoms with Crippen LogP contribution in [0.25, 0.3) is 0 Å². The molecular weight excluding hydrogens is 222 g/mol. The Hall–Kier alpha value is -0.530. The summed E-state index contributed by atoms with van der Waals surface area (Å²) in [4.78, 5) is 14.9. The van der Waals surface area contributed by atoms with Crippen molar-refractivity contribution in [1.82, 2.24) is 4.90 Å². The van der Waals surface area contributed by atoms with Crippen LogP contribution < -0.4 is 0 Å². The van der Waals surface area contributed by atoms with Crippen molar-refractivity contribution in [2.75, 3.05) is 6.54 Å². The predicted octanol–water partition coefficient (Wildman–Crippen LogP) is 3.21. The minimum atomic E-state index is 0.428. The van der Waals surface area contributed by atoms with Crippen molar-refractivity contribution < 1.29 is 4.79 Å². The molecule has 1 amide bonds. The maximum absolute atomic E-state index is 12.6. The maximum Gasteiger partial charge on any atom is 0.226 e. The molecule has 0 aromatic heterocycles. The number of amides is 1. The summed E-state index contributed by atoms with van der Waals surface area (Å²) in [5, 5.41) is 0. The molecule has 0 aromatic carbocycles. The first kappa shape index (κ1) is 11.3. The first-order valence-corrected chi connectivity index (χ1v) is 7.89. The van der Waals surface area contributed by atoms with Crippen LogP contribution in [0.3, 0.4) is 0 Å². The second-order valence-electron chi connectivity index (χ2n) is 7.84. The van der Waals surface area contributed by atoms with E-state index in [0.717, 1.165) is 6.54 Å². The van der Waals surface area contributed by atoms with E-state index in [0.29, 0.717) is 34.6 Å². The smallest absolute Gasteiger partial charge is 0.226 e. The molecular formula is C16H25NO. The third-order valence-electron chi connectivity index (χ3n) is 6.34. The molecule has 0 bridgehead atoms. The topological polar surface area (TPSA) is 20.3 Å². The molecule has 3 aliphatic carbocycles. The zero-order valence-corrected chi connectivity index (χ0v) is 11.7. The molecule has 1 heterocycles. The third kappa shape index (κ3) is 1.32. The molecule has 4 rings (SSSR count). The fourth-order valence-electron chi connectivity index (χ4n) is 5.17. The van der Waals surface area contributed by atoms with Gasteiger partial charge in [-0.2, -0.15) is 0 Å². The van der Waals surface area contributed by atoms with Gasteiger partial charge < -0.3 is 4.90 Å². The Labute approximate surface area is 110 Å². The average molecular weight is 247 g/mol. The summed E-state index contributed by atoms with van der Waals surface area (Å²) in [6.07, 6.45) is 9.38. The second kappa shape index (κ2) is 3.32.